The van der Waals surface area contributed by atoms with Crippen LogP contribution in [0.4, 0.5) is 5.69 Å². The number of nitrogens with one attached hydrogen (secondary N) is 1. The van der Waals surface area contributed by atoms with Crippen molar-refractivity contribution in [2.45, 2.75) is 37.0 Å². The van der Waals surface area contributed by atoms with Gasteiger partial charge in [0, 0.05) is 16.9 Å². The Morgan fingerprint density at radius 3 is 2.58 bits per heavy atom. The molecule has 3 N–H and O–H groups in total. The molecule has 2 nitrogen and oxygen atoms in total. The lowest BCUT2D eigenvalue weighted by Crippen LogP contribution is -2.27. The van der Waals surface area contributed by atoms with Crippen LogP contribution in [0.15, 0.2) is 18.2 Å². The highest BCUT2D eigenvalue weighted by Gasteiger charge is 2.20. The third-order valence-corrected chi connectivity index (χ3v) is 5.31. The van der Waals surface area contributed by atoms with Gasteiger partial charge in [0.05, 0.1) is 10.7 Å². The second-order valence-corrected chi connectivity index (χ2v) is 6.90. The summed E-state index contributed by atoms with van der Waals surface area (Å²) in [6.45, 7) is 0. The van der Waals surface area contributed by atoms with E-state index in [2.05, 4.69) is 11.6 Å². The molecule has 0 heterocycles. The molecule has 0 saturated heterocycles. The van der Waals surface area contributed by atoms with E-state index in [4.69, 9.17) is 29.6 Å². The van der Waals surface area contributed by atoms with Crippen LogP contribution >= 0.6 is 35.6 Å². The van der Waals surface area contributed by atoms with E-state index < -0.39 is 0 Å². The number of thiocarbonyl (C=S) groups is 1. The van der Waals surface area contributed by atoms with Crippen LogP contribution in [-0.4, -0.2) is 22.5 Å². The predicted molar refractivity (Wildman–Crippen MR) is 90.5 cm³/mol. The molecule has 0 aromatic heterocycles. The summed E-state index contributed by atoms with van der Waals surface area (Å²) in [6.07, 6.45) is 7.17. The summed E-state index contributed by atoms with van der Waals surface area (Å²) < 4.78 is 0. The molecule has 1 aromatic rings. The Kier molecular flexibility index (Phi) is 5.37. The maximum atomic E-state index is 6.27. The number of halogens is 1. The van der Waals surface area contributed by atoms with Crippen molar-refractivity contribution in [3.63, 3.8) is 0 Å². The molecule has 19 heavy (non-hydrogen) atoms. The number of benzene rings is 1. The van der Waals surface area contributed by atoms with Crippen LogP contribution in [0, 0.1) is 0 Å². The van der Waals surface area contributed by atoms with E-state index in [1.165, 1.54) is 25.7 Å². The summed E-state index contributed by atoms with van der Waals surface area (Å²) in [5.74, 6) is 0. The topological polar surface area (TPSA) is 38.0 Å². The highest BCUT2D eigenvalue weighted by Crippen LogP contribution is 2.31. The molecule has 1 aromatic carbocycles. The standard InChI is InChI=1S/C14H19ClN2S2/c1-19-11-5-3-10(4-6-11)17-13-7-2-9(14(16)18)8-12(13)15/h2,7-8,10-11,17H,3-6H2,1H3,(H2,16,18). The number of nitrogens with two attached hydrogens (primary N) is 1. The van der Waals surface area contributed by atoms with E-state index in [1.807, 2.05) is 30.0 Å². The van der Waals surface area contributed by atoms with Gasteiger partial charge in [-0.1, -0.05) is 23.8 Å². The fourth-order valence-corrected chi connectivity index (χ4v) is 3.55. The summed E-state index contributed by atoms with van der Waals surface area (Å²) >= 11 is 13.2. The smallest absolute Gasteiger partial charge is 0.104 e. The van der Waals surface area contributed by atoms with Crippen molar-refractivity contribution in [1.82, 2.24) is 0 Å². The molecule has 2 rings (SSSR count). The molecule has 0 amide bonds. The van der Waals surface area contributed by atoms with Gasteiger partial charge in [-0.15, -0.1) is 0 Å². The Bertz CT molecular complexity index is 457. The van der Waals surface area contributed by atoms with Gasteiger partial charge in [0.15, 0.2) is 0 Å². The molecule has 0 bridgehead atoms. The molecular weight excluding hydrogens is 296 g/mol. The predicted octanol–water partition coefficient (Wildman–Crippen LogP) is 4.06. The lowest BCUT2D eigenvalue weighted by atomic mass is 9.94. The van der Waals surface area contributed by atoms with Crippen molar-refractivity contribution in [2.24, 2.45) is 5.73 Å². The van der Waals surface area contributed by atoms with E-state index >= 15 is 0 Å². The molecule has 1 saturated carbocycles. The van der Waals surface area contributed by atoms with E-state index in [0.717, 1.165) is 16.5 Å². The van der Waals surface area contributed by atoms with Crippen molar-refractivity contribution in [3.05, 3.63) is 28.8 Å². The van der Waals surface area contributed by atoms with E-state index in [0.29, 0.717) is 16.1 Å². The van der Waals surface area contributed by atoms with E-state index in [9.17, 15) is 0 Å². The van der Waals surface area contributed by atoms with E-state index in [1.54, 1.807) is 0 Å². The molecule has 0 atom stereocenters. The first kappa shape index (κ1) is 14.9. The minimum atomic E-state index is 0.383. The zero-order valence-electron chi connectivity index (χ0n) is 11.0. The lowest BCUT2D eigenvalue weighted by molar-refractivity contribution is 0.473. The monoisotopic (exact) mass is 314 g/mol. The Morgan fingerprint density at radius 2 is 2.05 bits per heavy atom. The molecule has 1 fully saturated rings. The second kappa shape index (κ2) is 6.82. The largest absolute Gasteiger partial charge is 0.389 e. The number of hydrogen-bond donors (Lipinski definition) is 2. The van der Waals surface area contributed by atoms with Crippen molar-refractivity contribution in [2.75, 3.05) is 11.6 Å². The first-order valence-corrected chi connectivity index (χ1v) is 8.56. The summed E-state index contributed by atoms with van der Waals surface area (Å²) in [6, 6.07) is 6.25. The normalized spacial score (nSPS) is 23.1. The van der Waals surface area contributed by atoms with Crippen LogP contribution in [-0.2, 0) is 0 Å². The van der Waals surface area contributed by atoms with Crippen LogP contribution < -0.4 is 11.1 Å². The van der Waals surface area contributed by atoms with Gasteiger partial charge >= 0.3 is 0 Å². The summed E-state index contributed by atoms with van der Waals surface area (Å²) in [5, 5.41) is 5.05. The van der Waals surface area contributed by atoms with Crippen LogP contribution in [0.1, 0.15) is 31.2 Å². The van der Waals surface area contributed by atoms with Crippen molar-refractivity contribution in [1.29, 1.82) is 0 Å². The number of anilines is 1. The summed E-state index contributed by atoms with van der Waals surface area (Å²) in [7, 11) is 0. The highest BCUT2D eigenvalue weighted by molar-refractivity contribution is 7.99. The summed E-state index contributed by atoms with van der Waals surface area (Å²) in [4.78, 5) is 0.383. The minimum Gasteiger partial charge on any atom is -0.389 e. The zero-order chi connectivity index (χ0) is 13.8. The first-order valence-electron chi connectivity index (χ1n) is 6.49. The molecule has 0 aliphatic heterocycles. The molecule has 0 radical (unpaired) electrons. The van der Waals surface area contributed by atoms with Gasteiger partial charge in [-0.25, -0.2) is 0 Å². The maximum absolute atomic E-state index is 6.27. The third kappa shape index (κ3) is 4.01. The minimum absolute atomic E-state index is 0.383. The molecule has 1 aliphatic carbocycles. The lowest BCUT2D eigenvalue weighted by Gasteiger charge is -2.29. The number of hydrogen-bond acceptors (Lipinski definition) is 3. The highest BCUT2D eigenvalue weighted by atomic mass is 35.5. The van der Waals surface area contributed by atoms with Crippen molar-refractivity contribution >= 4 is 46.3 Å². The quantitative estimate of drug-likeness (QED) is 0.822. The molecule has 5 heteroatoms. The molecular formula is C14H19ClN2S2. The Labute approximate surface area is 129 Å². The second-order valence-electron chi connectivity index (χ2n) is 4.91. The van der Waals surface area contributed by atoms with Crippen molar-refractivity contribution in [3.8, 4) is 0 Å². The van der Waals surface area contributed by atoms with Gasteiger partial charge in [-0.3, -0.25) is 0 Å². The zero-order valence-corrected chi connectivity index (χ0v) is 13.4. The van der Waals surface area contributed by atoms with Crippen molar-refractivity contribution < 1.29 is 0 Å². The molecule has 0 unspecified atom stereocenters. The van der Waals surface area contributed by atoms with Crippen LogP contribution in [0.5, 0.6) is 0 Å². The Hall–Kier alpha value is -0.450. The summed E-state index contributed by atoms with van der Waals surface area (Å²) in [5.41, 5.74) is 7.39. The van der Waals surface area contributed by atoms with Gasteiger partial charge in [0.2, 0.25) is 0 Å². The van der Waals surface area contributed by atoms with Gasteiger partial charge in [0.1, 0.15) is 4.99 Å². The fraction of sp³-hybridized carbons (Fsp3) is 0.500. The third-order valence-electron chi connectivity index (χ3n) is 3.62. The van der Waals surface area contributed by atoms with Crippen LogP contribution in [0.3, 0.4) is 0 Å². The van der Waals surface area contributed by atoms with Crippen LogP contribution in [0.25, 0.3) is 0 Å². The SMILES string of the molecule is CSC1CCC(Nc2ccc(C(N)=S)cc2Cl)CC1. The average Bonchev–Trinajstić information content (AvgIpc) is 2.41. The van der Waals surface area contributed by atoms with Gasteiger partial charge < -0.3 is 11.1 Å². The molecule has 1 aliphatic rings. The Morgan fingerprint density at radius 1 is 1.37 bits per heavy atom. The van der Waals surface area contributed by atoms with Gasteiger partial charge in [0.25, 0.3) is 0 Å². The van der Waals surface area contributed by atoms with Crippen LogP contribution in [0.2, 0.25) is 5.02 Å². The number of thioether (sulfide) groups is 1. The molecule has 104 valence electrons. The van der Waals surface area contributed by atoms with Gasteiger partial charge in [-0.2, -0.15) is 11.8 Å². The van der Waals surface area contributed by atoms with Gasteiger partial charge in [-0.05, 0) is 50.1 Å². The number of rotatable bonds is 4. The molecule has 0 spiro atoms. The fourth-order valence-electron chi connectivity index (χ4n) is 2.45. The first-order chi connectivity index (χ1) is 9.10. The average molecular weight is 315 g/mol. The van der Waals surface area contributed by atoms with E-state index in [-0.39, 0.29) is 0 Å². The Balaban J connectivity index is 1.98. The maximum Gasteiger partial charge on any atom is 0.104 e.